The van der Waals surface area contributed by atoms with E-state index in [1.165, 1.54) is 5.20 Å². The number of hydrogen-bond acceptors (Lipinski definition) is 1. The van der Waals surface area contributed by atoms with Gasteiger partial charge in [-0.1, -0.05) is 75.5 Å². The van der Waals surface area contributed by atoms with E-state index in [2.05, 4.69) is 64.2 Å². The lowest BCUT2D eigenvalue weighted by atomic mass is 9.86. The second-order valence-corrected chi connectivity index (χ2v) is 11.3. The third-order valence-electron chi connectivity index (χ3n) is 4.09. The van der Waals surface area contributed by atoms with E-state index in [0.29, 0.717) is 5.75 Å². The van der Waals surface area contributed by atoms with E-state index < -0.39 is 8.07 Å². The standard InChI is InChI=1S/C17H24OSi/c1-17(2,3)14-11-8-12-15(16(14)18)19(4,5)13-9-6-7-10-13/h6-9,11-12,18H,10H2,1-5H3. The zero-order valence-corrected chi connectivity index (χ0v) is 13.6. The summed E-state index contributed by atoms with van der Waals surface area (Å²) in [7, 11) is -1.75. The van der Waals surface area contributed by atoms with Crippen molar-refractivity contribution in [1.82, 2.24) is 0 Å². The number of hydrogen-bond donors (Lipinski definition) is 1. The first kappa shape index (κ1) is 14.1. The minimum atomic E-state index is -1.75. The van der Waals surface area contributed by atoms with Gasteiger partial charge in [-0.3, -0.25) is 0 Å². The zero-order valence-electron chi connectivity index (χ0n) is 12.6. The minimum absolute atomic E-state index is 0.0210. The molecule has 0 saturated heterocycles. The van der Waals surface area contributed by atoms with Gasteiger partial charge >= 0.3 is 0 Å². The van der Waals surface area contributed by atoms with Gasteiger partial charge in [-0.25, -0.2) is 0 Å². The van der Waals surface area contributed by atoms with Gasteiger partial charge in [0.25, 0.3) is 0 Å². The summed E-state index contributed by atoms with van der Waals surface area (Å²) in [6, 6.07) is 6.24. The van der Waals surface area contributed by atoms with Crippen molar-refractivity contribution in [2.24, 2.45) is 0 Å². The molecule has 2 heteroatoms. The largest absolute Gasteiger partial charge is 0.508 e. The van der Waals surface area contributed by atoms with E-state index in [9.17, 15) is 5.11 Å². The number of benzene rings is 1. The van der Waals surface area contributed by atoms with Gasteiger partial charge in [0, 0.05) is 0 Å². The molecule has 0 fully saturated rings. The number of rotatable bonds is 2. The first-order valence-electron chi connectivity index (χ1n) is 6.93. The average molecular weight is 272 g/mol. The highest BCUT2D eigenvalue weighted by molar-refractivity contribution is 6.96. The van der Waals surface area contributed by atoms with Crippen molar-refractivity contribution in [2.75, 3.05) is 0 Å². The molecule has 19 heavy (non-hydrogen) atoms. The summed E-state index contributed by atoms with van der Waals surface area (Å²) < 4.78 is 0. The van der Waals surface area contributed by atoms with Crippen LogP contribution < -0.4 is 5.19 Å². The van der Waals surface area contributed by atoms with Crippen LogP contribution in [0.15, 0.2) is 41.6 Å². The molecule has 0 unspecified atom stereocenters. The Labute approximate surface area is 117 Å². The van der Waals surface area contributed by atoms with Crippen LogP contribution in [0.5, 0.6) is 5.75 Å². The van der Waals surface area contributed by atoms with Crippen molar-refractivity contribution >= 4 is 13.3 Å². The summed E-state index contributed by atoms with van der Waals surface area (Å²) in [5.41, 5.74) is 1.03. The molecule has 0 aliphatic heterocycles. The molecule has 0 radical (unpaired) electrons. The van der Waals surface area contributed by atoms with Crippen molar-refractivity contribution in [1.29, 1.82) is 0 Å². The van der Waals surface area contributed by atoms with E-state index >= 15 is 0 Å². The predicted molar refractivity (Wildman–Crippen MR) is 85.8 cm³/mol. The van der Waals surface area contributed by atoms with E-state index in [0.717, 1.165) is 17.2 Å². The lowest BCUT2D eigenvalue weighted by molar-refractivity contribution is 0.450. The maximum atomic E-state index is 10.7. The van der Waals surface area contributed by atoms with E-state index in [1.807, 2.05) is 6.07 Å². The summed E-state index contributed by atoms with van der Waals surface area (Å²) in [4.78, 5) is 0. The number of para-hydroxylation sites is 1. The molecule has 0 bridgehead atoms. The predicted octanol–water partition coefficient (Wildman–Crippen LogP) is 4.03. The minimum Gasteiger partial charge on any atom is -0.508 e. The SMILES string of the molecule is CC(C)(C)c1cccc([Si](C)(C)C2=CC=CC2)c1O. The van der Waals surface area contributed by atoms with Crippen LogP contribution in [-0.2, 0) is 5.41 Å². The van der Waals surface area contributed by atoms with Crippen LogP contribution in [0.2, 0.25) is 13.1 Å². The third kappa shape index (κ3) is 2.55. The molecule has 1 nitrogen and oxygen atoms in total. The third-order valence-corrected chi connectivity index (χ3v) is 7.82. The molecule has 1 aliphatic carbocycles. The average Bonchev–Trinajstić information content (AvgIpc) is 2.81. The van der Waals surface area contributed by atoms with Crippen molar-refractivity contribution in [3.8, 4) is 5.75 Å². The fraction of sp³-hybridized carbons (Fsp3) is 0.412. The Hall–Kier alpha value is -1.28. The Morgan fingerprint density at radius 3 is 2.37 bits per heavy atom. The fourth-order valence-electron chi connectivity index (χ4n) is 2.74. The number of allylic oxidation sites excluding steroid dienone is 4. The fourth-order valence-corrected chi connectivity index (χ4v) is 5.46. The molecule has 0 heterocycles. The van der Waals surface area contributed by atoms with Gasteiger partial charge < -0.3 is 5.11 Å². The summed E-state index contributed by atoms with van der Waals surface area (Å²) in [6.45, 7) is 11.1. The molecule has 2 rings (SSSR count). The van der Waals surface area contributed by atoms with E-state index in [-0.39, 0.29) is 5.41 Å². The molecule has 1 aliphatic rings. The van der Waals surface area contributed by atoms with Crippen LogP contribution in [0.25, 0.3) is 0 Å². The van der Waals surface area contributed by atoms with Crippen molar-refractivity contribution in [3.05, 3.63) is 47.2 Å². The molecule has 0 spiro atoms. The molecule has 1 N–H and O–H groups in total. The molecule has 0 amide bonds. The topological polar surface area (TPSA) is 20.2 Å². The molecular weight excluding hydrogens is 248 g/mol. The van der Waals surface area contributed by atoms with Gasteiger partial charge in [-0.15, -0.1) is 0 Å². The Kier molecular flexibility index (Phi) is 3.48. The van der Waals surface area contributed by atoms with Crippen LogP contribution in [0.4, 0.5) is 0 Å². The van der Waals surface area contributed by atoms with Gasteiger partial charge in [0.15, 0.2) is 0 Å². The Morgan fingerprint density at radius 1 is 1.16 bits per heavy atom. The highest BCUT2D eigenvalue weighted by Gasteiger charge is 2.33. The first-order chi connectivity index (χ1) is 8.74. The van der Waals surface area contributed by atoms with Crippen LogP contribution in [0, 0.1) is 0 Å². The number of aromatic hydroxyl groups is 1. The molecule has 1 aromatic rings. The molecule has 102 valence electrons. The Bertz CT molecular complexity index is 545. The summed E-state index contributed by atoms with van der Waals surface area (Å²) in [6.07, 6.45) is 7.61. The summed E-state index contributed by atoms with van der Waals surface area (Å²) >= 11 is 0. The monoisotopic (exact) mass is 272 g/mol. The lowest BCUT2D eigenvalue weighted by Gasteiger charge is -2.29. The van der Waals surface area contributed by atoms with Crippen LogP contribution in [-0.4, -0.2) is 13.2 Å². The zero-order chi connectivity index (χ0) is 14.3. The quantitative estimate of drug-likeness (QED) is 0.806. The highest BCUT2D eigenvalue weighted by atomic mass is 28.3. The Morgan fingerprint density at radius 2 is 1.84 bits per heavy atom. The molecule has 0 aromatic heterocycles. The molecular formula is C17H24OSi. The normalized spacial score (nSPS) is 15.7. The van der Waals surface area contributed by atoms with E-state index in [1.54, 1.807) is 0 Å². The van der Waals surface area contributed by atoms with Crippen LogP contribution in [0.1, 0.15) is 32.8 Å². The highest BCUT2D eigenvalue weighted by Crippen LogP contribution is 2.32. The molecule has 0 atom stereocenters. The van der Waals surface area contributed by atoms with Gasteiger partial charge in [0.1, 0.15) is 13.8 Å². The van der Waals surface area contributed by atoms with Crippen LogP contribution >= 0.6 is 0 Å². The van der Waals surface area contributed by atoms with Crippen molar-refractivity contribution in [3.63, 3.8) is 0 Å². The molecule has 1 aromatic carbocycles. The van der Waals surface area contributed by atoms with E-state index in [4.69, 9.17) is 0 Å². The van der Waals surface area contributed by atoms with Gasteiger partial charge in [0.05, 0.1) is 0 Å². The Balaban J connectivity index is 2.52. The number of phenolic OH excluding ortho intramolecular Hbond substituents is 1. The van der Waals surface area contributed by atoms with Crippen molar-refractivity contribution < 1.29 is 5.11 Å². The van der Waals surface area contributed by atoms with Crippen LogP contribution in [0.3, 0.4) is 0 Å². The second kappa shape index (κ2) is 4.68. The van der Waals surface area contributed by atoms with Gasteiger partial charge in [-0.05, 0) is 22.6 Å². The molecule has 0 saturated carbocycles. The second-order valence-electron chi connectivity index (χ2n) is 6.90. The van der Waals surface area contributed by atoms with Gasteiger partial charge in [-0.2, -0.15) is 0 Å². The maximum Gasteiger partial charge on any atom is 0.118 e. The van der Waals surface area contributed by atoms with Gasteiger partial charge in [0.2, 0.25) is 0 Å². The smallest absolute Gasteiger partial charge is 0.118 e. The maximum absolute atomic E-state index is 10.7. The summed E-state index contributed by atoms with van der Waals surface area (Å²) in [5, 5.41) is 13.4. The number of phenols is 1. The van der Waals surface area contributed by atoms with Crippen molar-refractivity contribution in [2.45, 2.75) is 45.7 Å². The lowest BCUT2D eigenvalue weighted by Crippen LogP contribution is -2.44. The first-order valence-corrected chi connectivity index (χ1v) is 9.93. The summed E-state index contributed by atoms with van der Waals surface area (Å²) in [5.74, 6) is 0.513.